The Hall–Kier alpha value is -1.31. The molecule has 1 aliphatic rings. The van der Waals surface area contributed by atoms with E-state index >= 15 is 0 Å². The third kappa shape index (κ3) is 1.52. The summed E-state index contributed by atoms with van der Waals surface area (Å²) in [4.78, 5) is 11.7. The Bertz CT molecular complexity index is 355. The largest absolute Gasteiger partial charge is 0.492 e. The molecule has 1 aliphatic heterocycles. The number of carbonyl (C=O) groups excluding carboxylic acids is 1. The first-order valence-corrected chi connectivity index (χ1v) is 5.11. The van der Waals surface area contributed by atoms with Gasteiger partial charge in [-0.3, -0.25) is 4.79 Å². The van der Waals surface area contributed by atoms with Gasteiger partial charge >= 0.3 is 0 Å². The molecule has 0 amide bonds. The Morgan fingerprint density at radius 2 is 2.36 bits per heavy atom. The zero-order valence-corrected chi connectivity index (χ0v) is 8.38. The second-order valence-electron chi connectivity index (χ2n) is 3.57. The van der Waals surface area contributed by atoms with E-state index in [1.165, 1.54) is 5.56 Å². The SMILES string of the molecule is CCCC(=O)c1cccc2c1OCC2. The maximum atomic E-state index is 11.7. The first-order valence-electron chi connectivity index (χ1n) is 5.11. The maximum Gasteiger partial charge on any atom is 0.166 e. The lowest BCUT2D eigenvalue weighted by Crippen LogP contribution is -2.00. The molecule has 0 unspecified atom stereocenters. The van der Waals surface area contributed by atoms with Gasteiger partial charge in [0.25, 0.3) is 0 Å². The molecule has 0 radical (unpaired) electrons. The van der Waals surface area contributed by atoms with Crippen molar-refractivity contribution in [2.24, 2.45) is 0 Å². The lowest BCUT2D eigenvalue weighted by molar-refractivity contribution is 0.0978. The van der Waals surface area contributed by atoms with Crippen LogP contribution in [0.1, 0.15) is 35.7 Å². The van der Waals surface area contributed by atoms with Gasteiger partial charge < -0.3 is 4.74 Å². The highest BCUT2D eigenvalue weighted by Crippen LogP contribution is 2.30. The molecular formula is C12H14O2. The number of benzene rings is 1. The Morgan fingerprint density at radius 1 is 1.50 bits per heavy atom. The highest BCUT2D eigenvalue weighted by Gasteiger charge is 2.19. The van der Waals surface area contributed by atoms with Gasteiger partial charge in [0.1, 0.15) is 5.75 Å². The molecule has 0 atom stereocenters. The summed E-state index contributed by atoms with van der Waals surface area (Å²) >= 11 is 0. The number of hydrogen-bond acceptors (Lipinski definition) is 2. The molecule has 0 saturated carbocycles. The topological polar surface area (TPSA) is 26.3 Å². The van der Waals surface area contributed by atoms with Crippen LogP contribution in [-0.2, 0) is 6.42 Å². The number of hydrogen-bond donors (Lipinski definition) is 0. The van der Waals surface area contributed by atoms with E-state index in [1.807, 2.05) is 25.1 Å². The third-order valence-electron chi connectivity index (χ3n) is 2.49. The number of ether oxygens (including phenoxy) is 1. The fourth-order valence-corrected chi connectivity index (χ4v) is 1.80. The molecule has 14 heavy (non-hydrogen) atoms. The van der Waals surface area contributed by atoms with Crippen LogP contribution >= 0.6 is 0 Å². The minimum atomic E-state index is 0.200. The Labute approximate surface area is 83.9 Å². The molecule has 0 N–H and O–H groups in total. The summed E-state index contributed by atoms with van der Waals surface area (Å²) in [7, 11) is 0. The van der Waals surface area contributed by atoms with Crippen molar-refractivity contribution in [3.63, 3.8) is 0 Å². The lowest BCUT2D eigenvalue weighted by Gasteiger charge is -2.05. The van der Waals surface area contributed by atoms with Crippen molar-refractivity contribution < 1.29 is 9.53 Å². The van der Waals surface area contributed by atoms with E-state index in [9.17, 15) is 4.79 Å². The quantitative estimate of drug-likeness (QED) is 0.685. The molecular weight excluding hydrogens is 176 g/mol. The van der Waals surface area contributed by atoms with Crippen molar-refractivity contribution in [1.82, 2.24) is 0 Å². The minimum Gasteiger partial charge on any atom is -0.492 e. The molecule has 0 bridgehead atoms. The molecule has 1 heterocycles. The first kappa shape index (κ1) is 9.25. The number of para-hydroxylation sites is 1. The number of rotatable bonds is 3. The average Bonchev–Trinajstić information content (AvgIpc) is 2.65. The highest BCUT2D eigenvalue weighted by atomic mass is 16.5. The maximum absolute atomic E-state index is 11.7. The minimum absolute atomic E-state index is 0.200. The fraction of sp³-hybridized carbons (Fsp3) is 0.417. The normalized spacial score (nSPS) is 13.5. The van der Waals surface area contributed by atoms with Crippen molar-refractivity contribution in [1.29, 1.82) is 0 Å². The van der Waals surface area contributed by atoms with Gasteiger partial charge in [0.15, 0.2) is 5.78 Å². The van der Waals surface area contributed by atoms with Crippen LogP contribution < -0.4 is 4.74 Å². The van der Waals surface area contributed by atoms with Crippen LogP contribution in [-0.4, -0.2) is 12.4 Å². The monoisotopic (exact) mass is 190 g/mol. The smallest absolute Gasteiger partial charge is 0.166 e. The van der Waals surface area contributed by atoms with Crippen molar-refractivity contribution >= 4 is 5.78 Å². The molecule has 2 heteroatoms. The van der Waals surface area contributed by atoms with Crippen molar-refractivity contribution in [3.05, 3.63) is 29.3 Å². The molecule has 0 spiro atoms. The molecule has 1 aromatic rings. The van der Waals surface area contributed by atoms with E-state index in [-0.39, 0.29) is 5.78 Å². The van der Waals surface area contributed by atoms with E-state index in [0.717, 1.165) is 24.2 Å². The van der Waals surface area contributed by atoms with Crippen molar-refractivity contribution in [2.75, 3.05) is 6.61 Å². The second kappa shape index (κ2) is 3.82. The summed E-state index contributed by atoms with van der Waals surface area (Å²) < 4.78 is 5.48. The summed E-state index contributed by atoms with van der Waals surface area (Å²) in [6.45, 7) is 2.73. The standard InChI is InChI=1S/C12H14O2/c1-2-4-11(13)10-6-3-5-9-7-8-14-12(9)10/h3,5-6H,2,4,7-8H2,1H3. The summed E-state index contributed by atoms with van der Waals surface area (Å²) in [5.74, 6) is 1.03. The molecule has 0 fully saturated rings. The number of carbonyl (C=O) groups is 1. The summed E-state index contributed by atoms with van der Waals surface area (Å²) in [6, 6.07) is 5.84. The molecule has 0 saturated heterocycles. The number of Topliss-reactive ketones (excluding diaryl/α,β-unsaturated/α-hetero) is 1. The van der Waals surface area contributed by atoms with E-state index in [4.69, 9.17) is 4.74 Å². The lowest BCUT2D eigenvalue weighted by atomic mass is 10.0. The van der Waals surface area contributed by atoms with Crippen molar-refractivity contribution in [3.8, 4) is 5.75 Å². The van der Waals surface area contributed by atoms with Gasteiger partial charge in [-0.15, -0.1) is 0 Å². The van der Waals surface area contributed by atoms with Gasteiger partial charge in [-0.05, 0) is 18.1 Å². The third-order valence-corrected chi connectivity index (χ3v) is 2.49. The van der Waals surface area contributed by atoms with E-state index in [2.05, 4.69) is 0 Å². The average molecular weight is 190 g/mol. The fourth-order valence-electron chi connectivity index (χ4n) is 1.80. The van der Waals surface area contributed by atoms with Crippen LogP contribution in [0, 0.1) is 0 Å². The van der Waals surface area contributed by atoms with Crippen molar-refractivity contribution in [2.45, 2.75) is 26.2 Å². The van der Waals surface area contributed by atoms with Gasteiger partial charge in [0, 0.05) is 12.8 Å². The predicted octanol–water partition coefficient (Wildman–Crippen LogP) is 2.60. The highest BCUT2D eigenvalue weighted by molar-refractivity contribution is 5.99. The van der Waals surface area contributed by atoms with Crippen LogP contribution in [0.25, 0.3) is 0 Å². The van der Waals surface area contributed by atoms with Crippen LogP contribution in [0.2, 0.25) is 0 Å². The molecule has 2 nitrogen and oxygen atoms in total. The Balaban J connectivity index is 2.34. The number of ketones is 1. The van der Waals surface area contributed by atoms with E-state index in [1.54, 1.807) is 0 Å². The molecule has 0 aromatic heterocycles. The first-order chi connectivity index (χ1) is 6.83. The molecule has 2 rings (SSSR count). The molecule has 1 aromatic carbocycles. The van der Waals surface area contributed by atoms with Gasteiger partial charge in [-0.2, -0.15) is 0 Å². The van der Waals surface area contributed by atoms with Crippen LogP contribution in [0.15, 0.2) is 18.2 Å². The van der Waals surface area contributed by atoms with Gasteiger partial charge in [-0.25, -0.2) is 0 Å². The molecule has 0 aliphatic carbocycles. The van der Waals surface area contributed by atoms with Crippen LogP contribution in [0.5, 0.6) is 5.75 Å². The zero-order valence-electron chi connectivity index (χ0n) is 8.38. The summed E-state index contributed by atoms with van der Waals surface area (Å²) in [5, 5.41) is 0. The van der Waals surface area contributed by atoms with Crippen LogP contribution in [0.4, 0.5) is 0 Å². The number of fused-ring (bicyclic) bond motifs is 1. The Morgan fingerprint density at radius 3 is 3.14 bits per heavy atom. The van der Waals surface area contributed by atoms with E-state index in [0.29, 0.717) is 13.0 Å². The van der Waals surface area contributed by atoms with Gasteiger partial charge in [0.05, 0.1) is 12.2 Å². The zero-order chi connectivity index (χ0) is 9.97. The second-order valence-corrected chi connectivity index (χ2v) is 3.57. The summed E-state index contributed by atoms with van der Waals surface area (Å²) in [5.41, 5.74) is 1.94. The molecule has 74 valence electrons. The van der Waals surface area contributed by atoms with Gasteiger partial charge in [0.2, 0.25) is 0 Å². The van der Waals surface area contributed by atoms with Crippen LogP contribution in [0.3, 0.4) is 0 Å². The Kier molecular flexibility index (Phi) is 2.53. The van der Waals surface area contributed by atoms with E-state index < -0.39 is 0 Å². The predicted molar refractivity (Wildman–Crippen MR) is 54.9 cm³/mol. The summed E-state index contributed by atoms with van der Waals surface area (Å²) in [6.07, 6.45) is 2.44. The van der Waals surface area contributed by atoms with Gasteiger partial charge in [-0.1, -0.05) is 19.1 Å².